The van der Waals surface area contributed by atoms with E-state index in [1.165, 1.54) is 4.90 Å². The molecular formula is C10H11LiN2O2. The van der Waals surface area contributed by atoms with Crippen molar-refractivity contribution in [2.24, 2.45) is 0 Å². The molecule has 0 aliphatic heterocycles. The quantitative estimate of drug-likeness (QED) is 0.452. The number of rotatable bonds is 2. The zero-order chi connectivity index (χ0) is 10.6. The first-order valence-electron chi connectivity index (χ1n) is 4.10. The first-order chi connectivity index (χ1) is 6.65. The molecule has 0 radical (unpaired) electrons. The van der Waals surface area contributed by atoms with Gasteiger partial charge in [0.1, 0.15) is 0 Å². The molecule has 2 amide bonds. The summed E-state index contributed by atoms with van der Waals surface area (Å²) in [5, 5.41) is 2.59. The molecule has 0 fully saturated rings. The minimum Gasteiger partial charge on any atom is -0.376 e. The van der Waals surface area contributed by atoms with Crippen molar-refractivity contribution in [2.75, 3.05) is 19.4 Å². The van der Waals surface area contributed by atoms with Crippen LogP contribution < -0.4 is 24.2 Å². The number of urea groups is 1. The van der Waals surface area contributed by atoms with Crippen LogP contribution in [-0.2, 0) is 4.79 Å². The van der Waals surface area contributed by atoms with Crippen LogP contribution in [0.25, 0.3) is 0 Å². The Morgan fingerprint density at radius 2 is 1.93 bits per heavy atom. The van der Waals surface area contributed by atoms with Gasteiger partial charge in [-0.1, -0.05) is 17.8 Å². The summed E-state index contributed by atoms with van der Waals surface area (Å²) < 4.78 is 0. The molecule has 0 unspecified atom stereocenters. The summed E-state index contributed by atoms with van der Waals surface area (Å²) in [6, 6.07) is 6.44. The van der Waals surface area contributed by atoms with Crippen LogP contribution in [0.15, 0.2) is 24.3 Å². The molecule has 0 atom stereocenters. The predicted octanol–water partition coefficient (Wildman–Crippen LogP) is -1.76. The molecule has 74 valence electrons. The Morgan fingerprint density at radius 3 is 2.47 bits per heavy atom. The normalized spacial score (nSPS) is 8.67. The number of nitrogens with zero attached hydrogens (tertiary/aromatic N) is 1. The largest absolute Gasteiger partial charge is 1.00 e. The summed E-state index contributed by atoms with van der Waals surface area (Å²) in [6.45, 7) is 0. The predicted molar refractivity (Wildman–Crippen MR) is 53.9 cm³/mol. The van der Waals surface area contributed by atoms with Crippen molar-refractivity contribution in [3.8, 4) is 0 Å². The van der Waals surface area contributed by atoms with Crippen molar-refractivity contribution in [1.29, 1.82) is 0 Å². The smallest absolute Gasteiger partial charge is 0.376 e. The van der Waals surface area contributed by atoms with Crippen molar-refractivity contribution in [3.63, 3.8) is 0 Å². The molecule has 1 rings (SSSR count). The molecule has 0 spiro atoms. The number of para-hydroxylation sites is 1. The Labute approximate surface area is 101 Å². The molecule has 1 N–H and O–H groups in total. The van der Waals surface area contributed by atoms with E-state index >= 15 is 0 Å². The van der Waals surface area contributed by atoms with Gasteiger partial charge in [-0.15, -0.1) is 11.6 Å². The van der Waals surface area contributed by atoms with E-state index in [4.69, 9.17) is 0 Å². The van der Waals surface area contributed by atoms with Gasteiger partial charge in [-0.05, 0) is 0 Å². The van der Waals surface area contributed by atoms with Crippen LogP contribution in [0.4, 0.5) is 10.5 Å². The minimum atomic E-state index is -0.271. The van der Waals surface area contributed by atoms with Crippen LogP contribution in [0.2, 0.25) is 0 Å². The maximum atomic E-state index is 11.3. The van der Waals surface area contributed by atoms with Gasteiger partial charge >= 0.3 is 24.9 Å². The third-order valence-electron chi connectivity index (χ3n) is 1.68. The van der Waals surface area contributed by atoms with E-state index in [-0.39, 0.29) is 24.9 Å². The number of hydrogen-bond donors (Lipinski definition) is 1. The standard InChI is InChI=1S/C10H11N2O2.Li/c1-12(2)10(14)11-9-6-4-3-5-8(9)7-13;/h3-6H,1-2H3,(H,11,14);/q-1;+1. The Hall–Kier alpha value is -1.24. The summed E-state index contributed by atoms with van der Waals surface area (Å²) >= 11 is 0. The van der Waals surface area contributed by atoms with Crippen LogP contribution in [0.1, 0.15) is 5.56 Å². The number of hydrogen-bond acceptors (Lipinski definition) is 2. The van der Waals surface area contributed by atoms with Crippen LogP contribution >= 0.6 is 0 Å². The summed E-state index contributed by atoms with van der Waals surface area (Å²) in [5.41, 5.74) is 0.823. The van der Waals surface area contributed by atoms with Crippen LogP contribution in [0.3, 0.4) is 0 Å². The third kappa shape index (κ3) is 3.78. The summed E-state index contributed by atoms with van der Waals surface area (Å²) in [6.07, 6.45) is 1.76. The fourth-order valence-corrected chi connectivity index (χ4v) is 0.908. The van der Waals surface area contributed by atoms with E-state index in [0.29, 0.717) is 11.3 Å². The SMILES string of the molecule is CN(C)C(=O)Nc1ccccc1[C-]=O.[Li+]. The summed E-state index contributed by atoms with van der Waals surface area (Å²) in [5.74, 6) is 0. The number of carbonyl (C=O) groups excluding carboxylic acids is 2. The van der Waals surface area contributed by atoms with Gasteiger partial charge < -0.3 is 15.0 Å². The van der Waals surface area contributed by atoms with Crippen molar-refractivity contribution < 1.29 is 28.4 Å². The average Bonchev–Trinajstić information content (AvgIpc) is 2.18. The molecule has 0 aromatic heterocycles. The first-order valence-corrected chi connectivity index (χ1v) is 4.10. The second kappa shape index (κ2) is 6.28. The van der Waals surface area contributed by atoms with Crippen molar-refractivity contribution >= 4 is 18.0 Å². The van der Waals surface area contributed by atoms with Gasteiger partial charge in [-0.2, -0.15) is 6.07 Å². The molecule has 0 saturated heterocycles. The summed E-state index contributed by atoms with van der Waals surface area (Å²) in [4.78, 5) is 23.1. The fraction of sp³-hybridized carbons (Fsp3) is 0.200. The number of anilines is 1. The van der Waals surface area contributed by atoms with Gasteiger partial charge in [0.15, 0.2) is 0 Å². The molecule has 0 bridgehead atoms. The minimum absolute atomic E-state index is 0. The topological polar surface area (TPSA) is 49.4 Å². The molecule has 5 heteroatoms. The monoisotopic (exact) mass is 198 g/mol. The first kappa shape index (κ1) is 13.8. The number of amides is 2. The van der Waals surface area contributed by atoms with Crippen molar-refractivity contribution in [3.05, 3.63) is 29.8 Å². The molecule has 15 heavy (non-hydrogen) atoms. The van der Waals surface area contributed by atoms with Crippen molar-refractivity contribution in [2.45, 2.75) is 0 Å². The Morgan fingerprint density at radius 1 is 1.33 bits per heavy atom. The van der Waals surface area contributed by atoms with Crippen LogP contribution in [0.5, 0.6) is 0 Å². The van der Waals surface area contributed by atoms with Gasteiger partial charge in [0.25, 0.3) is 0 Å². The molecule has 0 aliphatic carbocycles. The summed E-state index contributed by atoms with van der Waals surface area (Å²) in [7, 11) is 3.26. The van der Waals surface area contributed by atoms with Crippen LogP contribution in [0, 0.1) is 0 Å². The van der Waals surface area contributed by atoms with Gasteiger partial charge in [0.05, 0.1) is 6.29 Å². The number of benzene rings is 1. The Kier molecular flexibility index (Phi) is 5.76. The second-order valence-corrected chi connectivity index (χ2v) is 2.97. The van der Waals surface area contributed by atoms with Gasteiger partial charge in [0, 0.05) is 14.1 Å². The molecule has 0 saturated carbocycles. The average molecular weight is 198 g/mol. The van der Waals surface area contributed by atoms with E-state index in [1.807, 2.05) is 0 Å². The zero-order valence-corrected chi connectivity index (χ0v) is 9.07. The maximum absolute atomic E-state index is 11.3. The van der Waals surface area contributed by atoms with Gasteiger partial charge in [-0.3, -0.25) is 0 Å². The second-order valence-electron chi connectivity index (χ2n) is 2.97. The van der Waals surface area contributed by atoms with Gasteiger partial charge in [-0.25, -0.2) is 4.79 Å². The fourth-order valence-electron chi connectivity index (χ4n) is 0.908. The van der Waals surface area contributed by atoms with E-state index in [2.05, 4.69) is 5.32 Å². The third-order valence-corrected chi connectivity index (χ3v) is 1.68. The molecule has 0 aliphatic rings. The van der Waals surface area contributed by atoms with E-state index < -0.39 is 0 Å². The molecule has 0 heterocycles. The van der Waals surface area contributed by atoms with Gasteiger partial charge in [0.2, 0.25) is 0 Å². The van der Waals surface area contributed by atoms with Crippen molar-refractivity contribution in [1.82, 2.24) is 4.90 Å². The molecule has 1 aromatic rings. The molecule has 4 nitrogen and oxygen atoms in total. The maximum Gasteiger partial charge on any atom is 1.00 e. The van der Waals surface area contributed by atoms with E-state index in [0.717, 1.165) is 0 Å². The molecule has 1 aromatic carbocycles. The van der Waals surface area contributed by atoms with E-state index in [1.54, 1.807) is 44.6 Å². The Balaban J connectivity index is 0.00000196. The Bertz CT molecular complexity index is 353. The zero-order valence-electron chi connectivity index (χ0n) is 9.07. The number of carbonyl (C=O) groups is 1. The van der Waals surface area contributed by atoms with E-state index in [9.17, 15) is 9.59 Å². The van der Waals surface area contributed by atoms with Crippen LogP contribution in [-0.4, -0.2) is 31.3 Å². The number of nitrogens with one attached hydrogen (secondary N) is 1. The molecular weight excluding hydrogens is 187 g/mol.